The molecule has 1 aliphatic rings. The van der Waals surface area contributed by atoms with E-state index in [0.717, 1.165) is 11.4 Å². The predicted molar refractivity (Wildman–Crippen MR) is 54.2 cm³/mol. The topological polar surface area (TPSA) is 51.5 Å². The molecule has 4 nitrogen and oxygen atoms in total. The number of carbonyl (C=O) groups excluding carboxylic acids is 2. The normalized spacial score (nSPS) is 14.6. The van der Waals surface area contributed by atoms with Gasteiger partial charge in [-0.05, 0) is 18.6 Å². The summed E-state index contributed by atoms with van der Waals surface area (Å²) in [5.74, 6) is -0.631. The Balaban J connectivity index is 2.29. The molecule has 0 bridgehead atoms. The number of hydrogen-bond donors (Lipinski definition) is 0. The fourth-order valence-electron chi connectivity index (χ4n) is 1.50. The highest BCUT2D eigenvalue weighted by atomic mass is 16.2. The van der Waals surface area contributed by atoms with Crippen molar-refractivity contribution >= 4 is 11.8 Å². The molecule has 0 saturated heterocycles. The maximum Gasteiger partial charge on any atom is 0.277 e. The quantitative estimate of drug-likeness (QED) is 0.693. The van der Waals surface area contributed by atoms with E-state index in [9.17, 15) is 9.59 Å². The molecule has 0 atom stereocenters. The lowest BCUT2D eigenvalue weighted by Gasteiger charge is -2.10. The van der Waals surface area contributed by atoms with Crippen molar-refractivity contribution in [3.63, 3.8) is 0 Å². The molecule has 1 aromatic rings. The largest absolute Gasteiger partial charge is 0.277 e. The monoisotopic (exact) mass is 203 g/mol. The van der Waals surface area contributed by atoms with Crippen molar-refractivity contribution < 1.29 is 9.59 Å². The molecule has 0 unspecified atom stereocenters. The summed E-state index contributed by atoms with van der Waals surface area (Å²) < 4.78 is 0. The highest BCUT2D eigenvalue weighted by molar-refractivity contribution is 6.20. The van der Waals surface area contributed by atoms with Crippen molar-refractivity contribution in [2.24, 2.45) is 0 Å². The number of nitrogens with zero attached hydrogens (tertiary/aromatic N) is 2. The van der Waals surface area contributed by atoms with E-state index in [0.29, 0.717) is 17.7 Å². The standard InChI is InChI=1S/C11H11N2O2/c1-2-7-12-13-10(14)8-5-3-4-6-9(8)11(13)15/h3-6H,2,7H2,1H3. The van der Waals surface area contributed by atoms with Crippen molar-refractivity contribution in [3.8, 4) is 0 Å². The molecule has 0 spiro atoms. The Morgan fingerprint density at radius 2 is 1.67 bits per heavy atom. The summed E-state index contributed by atoms with van der Waals surface area (Å²) in [4.78, 5) is 23.4. The molecule has 1 aromatic carbocycles. The Hall–Kier alpha value is -1.68. The fraction of sp³-hybridized carbons (Fsp3) is 0.273. The summed E-state index contributed by atoms with van der Waals surface area (Å²) in [6.45, 7) is 2.44. The van der Waals surface area contributed by atoms with Crippen molar-refractivity contribution in [2.75, 3.05) is 6.54 Å². The predicted octanol–water partition coefficient (Wildman–Crippen LogP) is 1.21. The molecule has 0 saturated carbocycles. The van der Waals surface area contributed by atoms with Gasteiger partial charge in [-0.2, -0.15) is 5.01 Å². The van der Waals surface area contributed by atoms with Crippen molar-refractivity contribution in [2.45, 2.75) is 13.3 Å². The Labute approximate surface area is 87.9 Å². The lowest BCUT2D eigenvalue weighted by atomic mass is 10.1. The Morgan fingerprint density at radius 1 is 1.13 bits per heavy atom. The van der Waals surface area contributed by atoms with E-state index < -0.39 is 0 Å². The van der Waals surface area contributed by atoms with Crippen LogP contribution in [0.2, 0.25) is 0 Å². The molecule has 1 radical (unpaired) electrons. The number of fused-ring (bicyclic) bond motifs is 1. The minimum absolute atomic E-state index is 0.316. The fourth-order valence-corrected chi connectivity index (χ4v) is 1.50. The van der Waals surface area contributed by atoms with E-state index in [1.807, 2.05) is 6.92 Å². The van der Waals surface area contributed by atoms with Gasteiger partial charge in [0.05, 0.1) is 11.1 Å². The molecular weight excluding hydrogens is 192 g/mol. The van der Waals surface area contributed by atoms with E-state index >= 15 is 0 Å². The molecule has 0 aliphatic carbocycles. The molecule has 15 heavy (non-hydrogen) atoms. The Kier molecular flexibility index (Phi) is 2.51. The van der Waals surface area contributed by atoms with Gasteiger partial charge in [0.1, 0.15) is 0 Å². The van der Waals surface area contributed by atoms with Gasteiger partial charge in [0, 0.05) is 6.54 Å². The van der Waals surface area contributed by atoms with Gasteiger partial charge in [0.2, 0.25) is 0 Å². The summed E-state index contributed by atoms with van der Waals surface area (Å²) in [6, 6.07) is 6.79. The second-order valence-electron chi connectivity index (χ2n) is 3.33. The first-order chi connectivity index (χ1) is 7.25. The summed E-state index contributed by atoms with van der Waals surface area (Å²) in [5, 5.41) is 0.966. The third kappa shape index (κ3) is 1.53. The van der Waals surface area contributed by atoms with E-state index in [1.54, 1.807) is 24.3 Å². The van der Waals surface area contributed by atoms with Crippen LogP contribution < -0.4 is 5.43 Å². The molecule has 1 aliphatic heterocycles. The van der Waals surface area contributed by atoms with Crippen LogP contribution in [0.25, 0.3) is 0 Å². The van der Waals surface area contributed by atoms with E-state index in [2.05, 4.69) is 5.43 Å². The van der Waals surface area contributed by atoms with Gasteiger partial charge in [-0.15, -0.1) is 5.43 Å². The van der Waals surface area contributed by atoms with Gasteiger partial charge in [0.15, 0.2) is 0 Å². The minimum Gasteiger partial charge on any atom is -0.267 e. The third-order valence-electron chi connectivity index (χ3n) is 2.24. The number of benzene rings is 1. The zero-order chi connectivity index (χ0) is 10.8. The number of carbonyl (C=O) groups is 2. The molecule has 0 N–H and O–H groups in total. The summed E-state index contributed by atoms with van der Waals surface area (Å²) in [7, 11) is 0. The Morgan fingerprint density at radius 3 is 2.13 bits per heavy atom. The van der Waals surface area contributed by atoms with Crippen LogP contribution in [-0.4, -0.2) is 23.4 Å². The van der Waals surface area contributed by atoms with Crippen LogP contribution in [0.4, 0.5) is 0 Å². The molecule has 77 valence electrons. The van der Waals surface area contributed by atoms with Crippen LogP contribution in [0.15, 0.2) is 24.3 Å². The highest BCUT2D eigenvalue weighted by Gasteiger charge is 2.35. The SMILES string of the molecule is CCC[N]N1C(=O)c2ccccc2C1=O. The smallest absolute Gasteiger partial charge is 0.267 e. The first-order valence-corrected chi connectivity index (χ1v) is 4.91. The lowest BCUT2D eigenvalue weighted by Crippen LogP contribution is -2.37. The van der Waals surface area contributed by atoms with Gasteiger partial charge in [-0.3, -0.25) is 9.59 Å². The van der Waals surface area contributed by atoms with Crippen LogP contribution in [0.1, 0.15) is 34.1 Å². The van der Waals surface area contributed by atoms with Crippen molar-refractivity contribution in [1.82, 2.24) is 10.4 Å². The van der Waals surface area contributed by atoms with Crippen molar-refractivity contribution in [3.05, 3.63) is 35.4 Å². The van der Waals surface area contributed by atoms with Crippen LogP contribution >= 0.6 is 0 Å². The number of amides is 2. The minimum atomic E-state index is -0.316. The number of hydrogen-bond acceptors (Lipinski definition) is 2. The average Bonchev–Trinajstić information content (AvgIpc) is 2.51. The summed E-state index contributed by atoms with van der Waals surface area (Å²) >= 11 is 0. The van der Waals surface area contributed by atoms with Gasteiger partial charge < -0.3 is 0 Å². The zero-order valence-electron chi connectivity index (χ0n) is 8.43. The van der Waals surface area contributed by atoms with Crippen LogP contribution in [0.5, 0.6) is 0 Å². The first-order valence-electron chi connectivity index (χ1n) is 4.91. The number of imide groups is 1. The van der Waals surface area contributed by atoms with Crippen molar-refractivity contribution in [1.29, 1.82) is 0 Å². The second-order valence-corrected chi connectivity index (χ2v) is 3.33. The molecule has 1 heterocycles. The zero-order valence-corrected chi connectivity index (χ0v) is 8.43. The Bertz CT molecular complexity index is 380. The molecule has 0 aromatic heterocycles. The van der Waals surface area contributed by atoms with Gasteiger partial charge in [-0.25, -0.2) is 0 Å². The molecule has 0 fully saturated rings. The lowest BCUT2D eigenvalue weighted by molar-refractivity contribution is 0.0558. The third-order valence-corrected chi connectivity index (χ3v) is 2.24. The van der Waals surface area contributed by atoms with Crippen LogP contribution in [0, 0.1) is 0 Å². The highest BCUT2D eigenvalue weighted by Crippen LogP contribution is 2.20. The molecule has 4 heteroatoms. The van der Waals surface area contributed by atoms with E-state index in [4.69, 9.17) is 0 Å². The van der Waals surface area contributed by atoms with Gasteiger partial charge in [0.25, 0.3) is 11.8 Å². The molecular formula is C11H11N2O2. The summed E-state index contributed by atoms with van der Waals surface area (Å²) in [5.41, 5.74) is 4.85. The molecule has 2 amide bonds. The van der Waals surface area contributed by atoms with Gasteiger partial charge >= 0.3 is 0 Å². The van der Waals surface area contributed by atoms with Crippen LogP contribution in [0.3, 0.4) is 0 Å². The van der Waals surface area contributed by atoms with Gasteiger partial charge in [-0.1, -0.05) is 19.1 Å². The number of rotatable bonds is 3. The summed E-state index contributed by atoms with van der Waals surface area (Å²) in [6.07, 6.45) is 0.813. The maximum absolute atomic E-state index is 11.7. The van der Waals surface area contributed by atoms with E-state index in [1.165, 1.54) is 0 Å². The van der Waals surface area contributed by atoms with Crippen LogP contribution in [-0.2, 0) is 0 Å². The molecule has 2 rings (SSSR count). The second kappa shape index (κ2) is 3.82. The first kappa shape index (κ1) is 9.86. The van der Waals surface area contributed by atoms with E-state index in [-0.39, 0.29) is 11.8 Å². The average molecular weight is 203 g/mol. The maximum atomic E-state index is 11.7.